The largest absolute Gasteiger partial charge is 0.497 e. The second kappa shape index (κ2) is 8.99. The van der Waals surface area contributed by atoms with Gasteiger partial charge in [0.1, 0.15) is 11.4 Å². The van der Waals surface area contributed by atoms with Crippen LogP contribution in [0.15, 0.2) is 30.5 Å². The van der Waals surface area contributed by atoms with Crippen LogP contribution in [-0.4, -0.2) is 58.1 Å². The number of nitrogens with zero attached hydrogens (tertiary/aromatic N) is 4. The number of amides is 1. The molecule has 1 aromatic carbocycles. The van der Waals surface area contributed by atoms with Crippen LogP contribution in [0.1, 0.15) is 44.9 Å². The van der Waals surface area contributed by atoms with Crippen molar-refractivity contribution in [3.8, 4) is 17.0 Å². The van der Waals surface area contributed by atoms with Crippen molar-refractivity contribution in [2.75, 3.05) is 20.2 Å². The van der Waals surface area contributed by atoms with E-state index >= 15 is 0 Å². The third-order valence-electron chi connectivity index (χ3n) is 7.49. The van der Waals surface area contributed by atoms with Crippen LogP contribution >= 0.6 is 0 Å². The van der Waals surface area contributed by atoms with Crippen LogP contribution in [0, 0.1) is 11.8 Å². The summed E-state index contributed by atoms with van der Waals surface area (Å²) >= 11 is 0. The summed E-state index contributed by atoms with van der Waals surface area (Å²) in [6.45, 7) is 2.80. The van der Waals surface area contributed by atoms with Crippen molar-refractivity contribution in [1.82, 2.24) is 25.2 Å². The predicted molar refractivity (Wildman–Crippen MR) is 119 cm³/mol. The summed E-state index contributed by atoms with van der Waals surface area (Å²) in [6, 6.07) is 8.74. The highest BCUT2D eigenvalue weighted by Gasteiger charge is 2.43. The van der Waals surface area contributed by atoms with E-state index in [2.05, 4.69) is 20.5 Å². The van der Waals surface area contributed by atoms with E-state index in [1.807, 2.05) is 35.1 Å². The maximum Gasteiger partial charge on any atom is 0.224 e. The Morgan fingerprint density at radius 2 is 1.97 bits per heavy atom. The number of hydrogen-bond acceptors (Lipinski definition) is 5. The van der Waals surface area contributed by atoms with Gasteiger partial charge in [0.15, 0.2) is 0 Å². The summed E-state index contributed by atoms with van der Waals surface area (Å²) in [6.07, 6.45) is 10.4. The molecule has 0 radical (unpaired) electrons. The fourth-order valence-corrected chi connectivity index (χ4v) is 5.68. The van der Waals surface area contributed by atoms with Gasteiger partial charge in [0.2, 0.25) is 5.91 Å². The SMILES string of the molecule is COc1ccc(-c2cn(C[C@H]3C[C@@H]4CCN3C[C@@H]4C(=O)NC3CCCCC3)nn2)cc1. The molecule has 1 N–H and O–H groups in total. The van der Waals surface area contributed by atoms with Crippen LogP contribution in [0.4, 0.5) is 0 Å². The van der Waals surface area contributed by atoms with Gasteiger partial charge >= 0.3 is 0 Å². The molecule has 7 nitrogen and oxygen atoms in total. The number of carbonyl (C=O) groups is 1. The van der Waals surface area contributed by atoms with Crippen LogP contribution in [0.5, 0.6) is 5.75 Å². The number of methoxy groups -OCH3 is 1. The highest BCUT2D eigenvalue weighted by molar-refractivity contribution is 5.79. The Balaban J connectivity index is 1.19. The van der Waals surface area contributed by atoms with E-state index in [0.29, 0.717) is 23.9 Å². The van der Waals surface area contributed by atoms with E-state index in [1.54, 1.807) is 7.11 Å². The summed E-state index contributed by atoms with van der Waals surface area (Å²) in [5.41, 5.74) is 1.92. The van der Waals surface area contributed by atoms with Gasteiger partial charge in [-0.15, -0.1) is 5.10 Å². The quantitative estimate of drug-likeness (QED) is 0.773. The Morgan fingerprint density at radius 1 is 1.16 bits per heavy atom. The first-order valence-corrected chi connectivity index (χ1v) is 11.8. The lowest BCUT2D eigenvalue weighted by Gasteiger charge is -2.49. The van der Waals surface area contributed by atoms with Crippen molar-refractivity contribution in [3.05, 3.63) is 30.5 Å². The molecule has 1 saturated carbocycles. The lowest BCUT2D eigenvalue weighted by atomic mass is 9.75. The Morgan fingerprint density at radius 3 is 2.68 bits per heavy atom. The molecule has 2 aromatic rings. The predicted octanol–water partition coefficient (Wildman–Crippen LogP) is 3.11. The molecular weight excluding hydrogens is 390 g/mol. The van der Waals surface area contributed by atoms with E-state index in [9.17, 15) is 4.79 Å². The number of benzene rings is 1. The van der Waals surface area contributed by atoms with Gasteiger partial charge in [-0.2, -0.15) is 0 Å². The van der Waals surface area contributed by atoms with Crippen molar-refractivity contribution in [3.63, 3.8) is 0 Å². The minimum absolute atomic E-state index is 0.150. The van der Waals surface area contributed by atoms with Gasteiger partial charge in [0.05, 0.1) is 25.8 Å². The minimum Gasteiger partial charge on any atom is -0.497 e. The monoisotopic (exact) mass is 423 g/mol. The molecule has 4 aliphatic rings. The molecule has 166 valence electrons. The fourth-order valence-electron chi connectivity index (χ4n) is 5.68. The van der Waals surface area contributed by atoms with E-state index < -0.39 is 0 Å². The second-order valence-corrected chi connectivity index (χ2v) is 9.44. The molecule has 0 spiro atoms. The zero-order valence-electron chi connectivity index (χ0n) is 18.4. The van der Waals surface area contributed by atoms with Crippen LogP contribution in [0.2, 0.25) is 0 Å². The van der Waals surface area contributed by atoms with Gasteiger partial charge in [-0.3, -0.25) is 14.4 Å². The molecule has 4 atom stereocenters. The number of carbonyl (C=O) groups excluding carboxylic acids is 1. The maximum atomic E-state index is 13.0. The molecule has 4 heterocycles. The van der Waals surface area contributed by atoms with Crippen LogP contribution in [0.25, 0.3) is 11.3 Å². The van der Waals surface area contributed by atoms with Gasteiger partial charge in [-0.1, -0.05) is 24.5 Å². The molecule has 2 bridgehead atoms. The molecule has 1 unspecified atom stereocenters. The summed E-state index contributed by atoms with van der Waals surface area (Å²) in [5.74, 6) is 1.77. The van der Waals surface area contributed by atoms with Crippen molar-refractivity contribution in [2.45, 2.75) is 63.6 Å². The van der Waals surface area contributed by atoms with E-state index in [1.165, 1.54) is 19.3 Å². The average Bonchev–Trinajstić information content (AvgIpc) is 3.28. The lowest BCUT2D eigenvalue weighted by Crippen LogP contribution is -2.58. The van der Waals surface area contributed by atoms with Crippen LogP contribution in [-0.2, 0) is 11.3 Å². The molecule has 1 aromatic heterocycles. The van der Waals surface area contributed by atoms with Crippen molar-refractivity contribution >= 4 is 5.91 Å². The van der Waals surface area contributed by atoms with Gasteiger partial charge in [-0.25, -0.2) is 0 Å². The van der Waals surface area contributed by atoms with Gasteiger partial charge in [0, 0.05) is 24.2 Å². The highest BCUT2D eigenvalue weighted by Crippen LogP contribution is 2.37. The number of ether oxygens (including phenoxy) is 1. The van der Waals surface area contributed by atoms with Crippen LogP contribution < -0.4 is 10.1 Å². The Bertz CT molecular complexity index is 890. The lowest BCUT2D eigenvalue weighted by molar-refractivity contribution is -0.134. The van der Waals surface area contributed by atoms with Crippen molar-refractivity contribution in [1.29, 1.82) is 0 Å². The zero-order chi connectivity index (χ0) is 21.2. The molecular formula is C24H33N5O2. The van der Waals surface area contributed by atoms with Gasteiger partial charge < -0.3 is 10.1 Å². The van der Waals surface area contributed by atoms with Crippen molar-refractivity contribution in [2.24, 2.45) is 11.8 Å². The Kier molecular flexibility index (Phi) is 5.94. The average molecular weight is 424 g/mol. The second-order valence-electron chi connectivity index (χ2n) is 9.44. The van der Waals surface area contributed by atoms with E-state index in [-0.39, 0.29) is 5.92 Å². The Labute approximate surface area is 184 Å². The van der Waals surface area contributed by atoms with Gasteiger partial charge in [-0.05, 0) is 62.4 Å². The van der Waals surface area contributed by atoms with E-state index in [0.717, 1.165) is 62.3 Å². The molecule has 7 heteroatoms. The highest BCUT2D eigenvalue weighted by atomic mass is 16.5. The number of aromatic nitrogens is 3. The fraction of sp³-hybridized carbons (Fsp3) is 0.625. The van der Waals surface area contributed by atoms with Gasteiger partial charge in [0.25, 0.3) is 0 Å². The summed E-state index contributed by atoms with van der Waals surface area (Å²) < 4.78 is 7.19. The first-order chi connectivity index (χ1) is 15.2. The molecule has 31 heavy (non-hydrogen) atoms. The van der Waals surface area contributed by atoms with E-state index in [4.69, 9.17) is 4.74 Å². The van der Waals surface area contributed by atoms with Crippen molar-refractivity contribution < 1.29 is 9.53 Å². The smallest absolute Gasteiger partial charge is 0.224 e. The number of piperidine rings is 3. The molecule has 6 rings (SSSR count). The Hall–Kier alpha value is -2.41. The summed E-state index contributed by atoms with van der Waals surface area (Å²) in [4.78, 5) is 15.5. The summed E-state index contributed by atoms with van der Waals surface area (Å²) in [5, 5.41) is 12.1. The van der Waals surface area contributed by atoms with Crippen LogP contribution in [0.3, 0.4) is 0 Å². The molecule has 1 amide bonds. The molecule has 3 saturated heterocycles. The molecule has 1 aliphatic carbocycles. The molecule has 3 aliphatic heterocycles. The number of hydrogen-bond donors (Lipinski definition) is 1. The minimum atomic E-state index is 0.150. The topological polar surface area (TPSA) is 72.3 Å². The zero-order valence-corrected chi connectivity index (χ0v) is 18.4. The normalized spacial score (nSPS) is 28.4. The molecule has 4 fully saturated rings. The number of fused-ring (bicyclic) bond motifs is 3. The standard InChI is InChI=1S/C24H33N5O2/c1-31-21-9-7-17(8-10-21)23-16-29(27-26-23)14-20-13-18-11-12-28(20)15-22(18)24(30)25-19-5-3-2-4-6-19/h7-10,16,18-20,22H,2-6,11-15H2,1H3,(H,25,30)/t18-,20+,22-/m0/s1. The first-order valence-electron chi connectivity index (χ1n) is 11.8. The number of nitrogens with one attached hydrogen (secondary N) is 1. The third-order valence-corrected chi connectivity index (χ3v) is 7.49. The first kappa shape index (κ1) is 20.5. The number of rotatable bonds is 6. The third kappa shape index (κ3) is 4.47. The maximum absolute atomic E-state index is 13.0. The summed E-state index contributed by atoms with van der Waals surface area (Å²) in [7, 11) is 1.67.